The maximum Gasteiger partial charge on any atom is 0.407 e. The molecule has 5 aromatic rings. The minimum Gasteiger partial charge on any atom is -0.481 e. The number of aliphatic carboxylic acids is 1. The van der Waals surface area contributed by atoms with Crippen LogP contribution in [-0.2, 0) is 86.5 Å². The topological polar surface area (TPSA) is 456 Å². The third-order valence-corrected chi connectivity index (χ3v) is 17.5. The van der Waals surface area contributed by atoms with Gasteiger partial charge in [0.05, 0.1) is 37.8 Å². The molecule has 490 valence electrons. The standard InChI is InChI=1S/C51H68F2N16O17P2S2/c1-25(2)37(67-33(71)11-15-56-34(72)16-26(3)49(74)75)30(70)17-28(6-4-12-58-50(55)76)46(73)66-29-9-7-27(8-10-29)18-80-51(77)59-14-5-13-57-43-39-45(63-22-61-43)69(24-65-39)48-36(53)41-32(84-48)20-82-87(78,89)85-40-31(19-81-88(79,90)86-41)83-47(35(40)52)68-23-64-38-42(54)60-21-62-44(38)68/h7-10,21-26,28,31-32,35-37,40-41,47-48H,4-6,11-20H2,1-3H3,(H,56,72)(H,59,77)(H,66,73)(H,67,71)(H,74,75)(H,78,89)(H,79,90)(H2,54,60,62)(H3,55,58,76)(H,57,61,63)/t26?,28-,31-,32-,35-,36-,37+,40-,41-,47-,48-,87?,88?/m1/s1. The molecule has 8 rings (SSSR count). The van der Waals surface area contributed by atoms with Crippen LogP contribution in [0.4, 0.5) is 35.7 Å². The van der Waals surface area contributed by atoms with E-state index in [-0.39, 0.29) is 98.4 Å². The third kappa shape index (κ3) is 18.1. The molecule has 0 aliphatic carbocycles. The lowest BCUT2D eigenvalue weighted by atomic mass is 9.89. The number of carboxylic acids is 1. The fourth-order valence-electron chi connectivity index (χ4n) is 9.77. The normalized spacial score (nSPS) is 25.3. The van der Waals surface area contributed by atoms with Gasteiger partial charge in [0.1, 0.15) is 49.2 Å². The highest BCUT2D eigenvalue weighted by Gasteiger charge is 2.54. The number of nitrogens with two attached hydrogens (primary N) is 2. The molecule has 0 bridgehead atoms. The summed E-state index contributed by atoms with van der Waals surface area (Å²) in [4.78, 5) is 135. The Morgan fingerprint density at radius 3 is 1.94 bits per heavy atom. The molecule has 39 heteroatoms. The second-order valence-corrected chi connectivity index (χ2v) is 27.0. The highest BCUT2D eigenvalue weighted by atomic mass is 32.5. The van der Waals surface area contributed by atoms with Gasteiger partial charge in [-0.15, -0.1) is 0 Å². The van der Waals surface area contributed by atoms with Crippen LogP contribution >= 0.6 is 13.4 Å². The summed E-state index contributed by atoms with van der Waals surface area (Å²) in [5.74, 6) is -5.06. The zero-order chi connectivity index (χ0) is 65.0. The summed E-state index contributed by atoms with van der Waals surface area (Å²) >= 11 is 10.5. The lowest BCUT2D eigenvalue weighted by Gasteiger charge is -2.29. The smallest absolute Gasteiger partial charge is 0.407 e. The van der Waals surface area contributed by atoms with Gasteiger partial charge in [0.15, 0.2) is 59.0 Å². The van der Waals surface area contributed by atoms with Crippen LogP contribution in [0.1, 0.15) is 77.3 Å². The number of ketones is 1. The molecule has 13 N–H and O–H groups in total. The molecule has 0 spiro atoms. The molecular weight excluding hydrogens is 1270 g/mol. The zero-order valence-corrected chi connectivity index (χ0v) is 51.9. The van der Waals surface area contributed by atoms with Crippen molar-refractivity contribution >= 4 is 118 Å². The van der Waals surface area contributed by atoms with Crippen LogP contribution in [0.3, 0.4) is 0 Å². The van der Waals surface area contributed by atoms with Crippen LogP contribution in [0.25, 0.3) is 22.3 Å². The number of benzene rings is 1. The first kappa shape index (κ1) is 68.8. The number of alkyl carbamates (subject to hydrolysis) is 1. The van der Waals surface area contributed by atoms with E-state index in [9.17, 15) is 43.3 Å². The molecule has 0 radical (unpaired) electrons. The number of urea groups is 1. The fourth-order valence-corrected chi connectivity index (χ4v) is 12.6. The molecule has 3 saturated heterocycles. The van der Waals surface area contributed by atoms with Crippen LogP contribution < -0.4 is 43.4 Å². The quantitative estimate of drug-likeness (QED) is 0.0280. The molecule has 13 atom stereocenters. The molecule has 0 saturated carbocycles. The third-order valence-electron chi connectivity index (χ3n) is 14.4. The number of carbonyl (C=O) groups is 7. The highest BCUT2D eigenvalue weighted by Crippen LogP contribution is 2.55. The molecule has 3 fully saturated rings. The number of halogens is 2. The van der Waals surface area contributed by atoms with Gasteiger partial charge in [-0.05, 0) is 66.5 Å². The predicted octanol–water partition coefficient (Wildman–Crippen LogP) is 2.42. The van der Waals surface area contributed by atoms with Gasteiger partial charge in [-0.2, -0.15) is 0 Å². The van der Waals surface area contributed by atoms with Crippen molar-refractivity contribution < 1.29 is 89.5 Å². The lowest BCUT2D eigenvalue weighted by molar-refractivity contribution is -0.143. The van der Waals surface area contributed by atoms with Crippen LogP contribution in [-0.4, -0.2) is 178 Å². The second kappa shape index (κ2) is 30.8. The first-order valence-corrected chi connectivity index (χ1v) is 33.4. The number of alkyl halides is 2. The van der Waals surface area contributed by atoms with Crippen molar-refractivity contribution in [3.05, 3.63) is 55.1 Å². The van der Waals surface area contributed by atoms with Gasteiger partial charge in [0.25, 0.3) is 0 Å². The molecule has 3 unspecified atom stereocenters. The van der Waals surface area contributed by atoms with E-state index in [0.717, 1.165) is 6.33 Å². The average Bonchev–Trinajstić information content (AvgIpc) is 1.63. The van der Waals surface area contributed by atoms with Crippen molar-refractivity contribution in [2.45, 2.75) is 121 Å². The van der Waals surface area contributed by atoms with Crippen LogP contribution in [0.5, 0.6) is 0 Å². The van der Waals surface area contributed by atoms with Gasteiger partial charge >= 0.3 is 31.5 Å². The Labute approximate surface area is 521 Å². The number of aromatic nitrogens is 8. The van der Waals surface area contributed by atoms with E-state index in [0.29, 0.717) is 24.1 Å². The number of primary amides is 1. The number of Topliss-reactive ketones (excluding diaryl/α,β-unsaturated/α-hetero) is 1. The van der Waals surface area contributed by atoms with Gasteiger partial charge in [-0.25, -0.2) is 48.3 Å². The molecule has 90 heavy (non-hydrogen) atoms. The number of rotatable bonds is 26. The minimum atomic E-state index is -4.38. The number of amides is 6. The van der Waals surface area contributed by atoms with Gasteiger partial charge in [0, 0.05) is 57.0 Å². The Bertz CT molecular complexity index is 3510. The summed E-state index contributed by atoms with van der Waals surface area (Å²) < 4.78 is 75.4. The summed E-state index contributed by atoms with van der Waals surface area (Å²) in [7, 11) is 0. The number of carboxylic acid groups (broad SMARTS) is 1. The van der Waals surface area contributed by atoms with E-state index < -0.39 is 135 Å². The van der Waals surface area contributed by atoms with E-state index >= 15 is 8.78 Å². The summed E-state index contributed by atoms with van der Waals surface area (Å²) in [5.41, 5.74) is 12.6. The van der Waals surface area contributed by atoms with Crippen LogP contribution in [0.2, 0.25) is 0 Å². The zero-order valence-electron chi connectivity index (χ0n) is 48.5. The van der Waals surface area contributed by atoms with Crippen molar-refractivity contribution in [3.8, 4) is 0 Å². The number of imidazole rings is 2. The van der Waals surface area contributed by atoms with Gasteiger partial charge < -0.3 is 81.5 Å². The van der Waals surface area contributed by atoms with Crippen molar-refractivity contribution in [3.63, 3.8) is 0 Å². The number of nitrogen functional groups attached to an aromatic ring is 1. The van der Waals surface area contributed by atoms with Crippen molar-refractivity contribution in [2.75, 3.05) is 55.8 Å². The van der Waals surface area contributed by atoms with Gasteiger partial charge in [-0.1, -0.05) is 32.9 Å². The maximum absolute atomic E-state index is 16.7. The first-order valence-electron chi connectivity index (χ1n) is 28.2. The second-order valence-electron chi connectivity index (χ2n) is 21.4. The van der Waals surface area contributed by atoms with Crippen molar-refractivity contribution in [1.29, 1.82) is 0 Å². The lowest BCUT2D eigenvalue weighted by Crippen LogP contribution is -2.46. The Morgan fingerprint density at radius 2 is 1.34 bits per heavy atom. The molecule has 3 aliphatic heterocycles. The molecule has 6 amide bonds. The van der Waals surface area contributed by atoms with E-state index in [1.165, 1.54) is 35.0 Å². The number of nitrogens with zero attached hydrogens (tertiary/aromatic N) is 8. The molecule has 33 nitrogen and oxygen atoms in total. The van der Waals surface area contributed by atoms with E-state index in [4.69, 9.17) is 72.5 Å². The Kier molecular flexibility index (Phi) is 23.5. The molecule has 3 aliphatic rings. The fraction of sp³-hybridized carbons (Fsp3) is 0.549. The Balaban J connectivity index is 0.788. The SMILES string of the molecule is CC(CC(=O)NCCC(=O)N[C@H](C(=O)C[C@@H](CCCNC(N)=O)C(=O)Nc1ccc(COC(=O)NCCCNc2ncnc3c2ncn3[C@@H]2O[C@@H]3COP(O)(=S)O[C@H]4[C@@H](F)[C@H](n5cnc6c(N)ncnc65)O[C@@H]4COP(O)(=S)O[C@H]3[C@H]2F)cc1)C(C)C)C(=O)O. The predicted molar refractivity (Wildman–Crippen MR) is 319 cm³/mol. The largest absolute Gasteiger partial charge is 0.481 e. The Hall–Kier alpha value is -7.15. The van der Waals surface area contributed by atoms with Crippen molar-refractivity contribution in [2.24, 2.45) is 23.5 Å². The first-order chi connectivity index (χ1) is 42.8. The summed E-state index contributed by atoms with van der Waals surface area (Å²) in [6.45, 7) is -4.98. The van der Waals surface area contributed by atoms with Gasteiger partial charge in [0.2, 0.25) is 17.7 Å². The molecule has 4 aromatic heterocycles. The summed E-state index contributed by atoms with van der Waals surface area (Å²) in [5, 5.41) is 25.2. The average molecular weight is 1340 g/mol. The monoisotopic (exact) mass is 1340 g/mol. The van der Waals surface area contributed by atoms with Crippen molar-refractivity contribution in [1.82, 2.24) is 60.3 Å². The van der Waals surface area contributed by atoms with Gasteiger partial charge in [-0.3, -0.25) is 42.2 Å². The number of carbonyl (C=O) groups excluding carboxylic acids is 6. The van der Waals surface area contributed by atoms with E-state index in [2.05, 4.69) is 61.8 Å². The van der Waals surface area contributed by atoms with E-state index in [1.54, 1.807) is 38.1 Å². The number of fused-ring (bicyclic) bond motifs is 4. The van der Waals surface area contributed by atoms with Crippen LogP contribution in [0, 0.1) is 17.8 Å². The number of hydrogen-bond donors (Lipinski definition) is 11. The number of nitrogens with one attached hydrogen (secondary N) is 6. The Morgan fingerprint density at radius 1 is 0.756 bits per heavy atom. The molecular formula is C51H68F2N16O17P2S2. The maximum atomic E-state index is 16.7. The molecule has 1 aromatic carbocycles. The minimum absolute atomic E-state index is 0.0250. The number of hydrogen-bond acceptors (Lipinski definition) is 24. The van der Waals surface area contributed by atoms with Crippen LogP contribution in [0.15, 0.2) is 49.6 Å². The molecule has 7 heterocycles. The summed E-state index contributed by atoms with van der Waals surface area (Å²) in [6.07, 6.45) is -9.16. The van der Waals surface area contributed by atoms with E-state index in [1.807, 2.05) is 0 Å². The highest BCUT2D eigenvalue weighted by molar-refractivity contribution is 8.07. The number of anilines is 3. The number of ether oxygens (including phenoxy) is 3. The summed E-state index contributed by atoms with van der Waals surface area (Å²) in [6, 6.07) is 4.66.